The molecule has 0 radical (unpaired) electrons. The maximum Gasteiger partial charge on any atom is 0.234 e. The van der Waals surface area contributed by atoms with Crippen molar-refractivity contribution in [2.45, 2.75) is 51.2 Å². The summed E-state index contributed by atoms with van der Waals surface area (Å²) in [4.78, 5) is 14.4. The third kappa shape index (κ3) is 3.84. The van der Waals surface area contributed by atoms with Gasteiger partial charge in [-0.1, -0.05) is 6.42 Å². The van der Waals surface area contributed by atoms with Crippen LogP contribution in [0.15, 0.2) is 22.8 Å². The maximum absolute atomic E-state index is 12.1. The summed E-state index contributed by atoms with van der Waals surface area (Å²) in [6, 6.07) is 4.01. The molecule has 3 N–H and O–H groups in total. The van der Waals surface area contributed by atoms with Crippen LogP contribution in [0.2, 0.25) is 0 Å². The first-order valence-corrected chi connectivity index (χ1v) is 7.40. The van der Waals surface area contributed by atoms with Crippen molar-refractivity contribution in [3.05, 3.63) is 24.2 Å². The Bertz CT molecular complexity index is 417. The Balaban J connectivity index is 1.86. The molecule has 0 bridgehead atoms. The van der Waals surface area contributed by atoms with Crippen molar-refractivity contribution >= 4 is 5.91 Å². The summed E-state index contributed by atoms with van der Waals surface area (Å²) < 4.78 is 5.30. The van der Waals surface area contributed by atoms with Crippen LogP contribution in [0.3, 0.4) is 0 Å². The van der Waals surface area contributed by atoms with E-state index in [-0.39, 0.29) is 18.0 Å². The molecule has 112 valence electrons. The fraction of sp³-hybridized carbons (Fsp3) is 0.667. The molecular formula is C15H25N3O2. The molecule has 3 unspecified atom stereocenters. The fourth-order valence-corrected chi connectivity index (χ4v) is 2.89. The number of likely N-dealkylation sites (tertiary alicyclic amines) is 1. The van der Waals surface area contributed by atoms with Gasteiger partial charge in [0.15, 0.2) is 0 Å². The third-order valence-corrected chi connectivity index (χ3v) is 3.97. The molecule has 1 saturated heterocycles. The minimum Gasteiger partial charge on any atom is -0.467 e. The highest BCUT2D eigenvalue weighted by Gasteiger charge is 2.27. The number of rotatable bonds is 5. The van der Waals surface area contributed by atoms with Crippen molar-refractivity contribution in [2.24, 2.45) is 5.73 Å². The zero-order chi connectivity index (χ0) is 14.5. The molecule has 5 nitrogen and oxygen atoms in total. The van der Waals surface area contributed by atoms with Crippen LogP contribution in [-0.4, -0.2) is 36.0 Å². The van der Waals surface area contributed by atoms with Crippen LogP contribution < -0.4 is 11.1 Å². The molecule has 2 heterocycles. The van der Waals surface area contributed by atoms with Crippen molar-refractivity contribution in [3.8, 4) is 0 Å². The van der Waals surface area contributed by atoms with Crippen molar-refractivity contribution in [1.82, 2.24) is 10.2 Å². The average Bonchev–Trinajstić information content (AvgIpc) is 2.92. The second-order valence-corrected chi connectivity index (χ2v) is 5.70. The molecule has 0 spiro atoms. The van der Waals surface area contributed by atoms with Gasteiger partial charge in [0.1, 0.15) is 5.76 Å². The molecule has 3 atom stereocenters. The van der Waals surface area contributed by atoms with Crippen LogP contribution >= 0.6 is 0 Å². The van der Waals surface area contributed by atoms with Gasteiger partial charge in [-0.05, 0) is 45.4 Å². The van der Waals surface area contributed by atoms with E-state index in [9.17, 15) is 4.79 Å². The number of carbonyl (C=O) groups is 1. The van der Waals surface area contributed by atoms with Gasteiger partial charge in [0.25, 0.3) is 0 Å². The lowest BCUT2D eigenvalue weighted by Crippen LogP contribution is -2.52. The van der Waals surface area contributed by atoms with Crippen LogP contribution in [0, 0.1) is 0 Å². The second-order valence-electron chi connectivity index (χ2n) is 5.70. The van der Waals surface area contributed by atoms with Crippen LogP contribution in [0.25, 0.3) is 0 Å². The van der Waals surface area contributed by atoms with E-state index < -0.39 is 0 Å². The van der Waals surface area contributed by atoms with E-state index in [4.69, 9.17) is 10.2 Å². The molecule has 1 aromatic heterocycles. The Hall–Kier alpha value is -1.33. The standard InChI is InChI=1S/C15H25N3O2/c1-11(16)13-6-3-4-8-18(13)10-15(19)17-12(2)14-7-5-9-20-14/h5,7,9,11-13H,3-4,6,8,10,16H2,1-2H3,(H,17,19). The average molecular weight is 279 g/mol. The van der Waals surface area contributed by atoms with Crippen LogP contribution in [0.4, 0.5) is 0 Å². The van der Waals surface area contributed by atoms with Gasteiger partial charge in [-0.15, -0.1) is 0 Å². The Kier molecular flexibility index (Phi) is 5.20. The molecule has 0 aliphatic carbocycles. The number of nitrogens with one attached hydrogen (secondary N) is 1. The lowest BCUT2D eigenvalue weighted by molar-refractivity contribution is -0.124. The normalized spacial score (nSPS) is 23.2. The maximum atomic E-state index is 12.1. The number of hydrogen-bond donors (Lipinski definition) is 2. The SMILES string of the molecule is CC(NC(=O)CN1CCCCC1C(C)N)c1ccco1. The minimum absolute atomic E-state index is 0.0291. The van der Waals surface area contributed by atoms with E-state index in [2.05, 4.69) is 10.2 Å². The van der Waals surface area contributed by atoms with Crippen molar-refractivity contribution in [2.75, 3.05) is 13.1 Å². The molecule has 0 saturated carbocycles. The third-order valence-electron chi connectivity index (χ3n) is 3.97. The summed E-state index contributed by atoms with van der Waals surface area (Å²) in [7, 11) is 0. The fourth-order valence-electron chi connectivity index (χ4n) is 2.89. The van der Waals surface area contributed by atoms with Gasteiger partial charge < -0.3 is 15.5 Å². The molecule has 1 aliphatic heterocycles. The van der Waals surface area contributed by atoms with Gasteiger partial charge in [0, 0.05) is 12.1 Å². The predicted molar refractivity (Wildman–Crippen MR) is 78.1 cm³/mol. The molecule has 1 aliphatic rings. The van der Waals surface area contributed by atoms with Gasteiger partial charge >= 0.3 is 0 Å². The second kappa shape index (κ2) is 6.90. The zero-order valence-corrected chi connectivity index (χ0v) is 12.3. The lowest BCUT2D eigenvalue weighted by Gasteiger charge is -2.37. The summed E-state index contributed by atoms with van der Waals surface area (Å²) in [6.45, 7) is 5.31. The van der Waals surface area contributed by atoms with E-state index in [1.54, 1.807) is 6.26 Å². The van der Waals surface area contributed by atoms with Gasteiger partial charge in [0.2, 0.25) is 5.91 Å². The number of hydrogen-bond acceptors (Lipinski definition) is 4. The Morgan fingerprint density at radius 2 is 2.35 bits per heavy atom. The number of amides is 1. The van der Waals surface area contributed by atoms with Crippen molar-refractivity contribution in [1.29, 1.82) is 0 Å². The van der Waals surface area contributed by atoms with Crippen LogP contribution in [-0.2, 0) is 4.79 Å². The summed E-state index contributed by atoms with van der Waals surface area (Å²) in [5, 5.41) is 2.97. The van der Waals surface area contributed by atoms with Gasteiger partial charge in [0.05, 0.1) is 18.8 Å². The molecule has 0 aromatic carbocycles. The van der Waals surface area contributed by atoms with Gasteiger partial charge in [-0.2, -0.15) is 0 Å². The number of piperidine rings is 1. The molecule has 1 aromatic rings. The van der Waals surface area contributed by atoms with Crippen LogP contribution in [0.5, 0.6) is 0 Å². The number of nitrogens with two attached hydrogens (primary N) is 1. The van der Waals surface area contributed by atoms with E-state index >= 15 is 0 Å². The smallest absolute Gasteiger partial charge is 0.234 e. The van der Waals surface area contributed by atoms with E-state index in [0.29, 0.717) is 12.6 Å². The highest BCUT2D eigenvalue weighted by molar-refractivity contribution is 5.78. The van der Waals surface area contributed by atoms with E-state index in [1.165, 1.54) is 6.42 Å². The van der Waals surface area contributed by atoms with Crippen LogP contribution in [0.1, 0.15) is 44.9 Å². The number of furan rings is 1. The monoisotopic (exact) mass is 279 g/mol. The predicted octanol–water partition coefficient (Wildman–Crippen LogP) is 1.66. The van der Waals surface area contributed by atoms with Gasteiger partial charge in [-0.25, -0.2) is 0 Å². The summed E-state index contributed by atoms with van der Waals surface area (Å²) in [6.07, 6.45) is 5.05. The largest absolute Gasteiger partial charge is 0.467 e. The topological polar surface area (TPSA) is 71.5 Å². The molecule has 5 heteroatoms. The first-order chi connectivity index (χ1) is 9.58. The van der Waals surface area contributed by atoms with Gasteiger partial charge in [-0.3, -0.25) is 9.69 Å². The van der Waals surface area contributed by atoms with Crippen molar-refractivity contribution < 1.29 is 9.21 Å². The molecule has 20 heavy (non-hydrogen) atoms. The van der Waals surface area contributed by atoms with E-state index in [1.807, 2.05) is 26.0 Å². The number of nitrogens with zero attached hydrogens (tertiary/aromatic N) is 1. The van der Waals surface area contributed by atoms with Crippen molar-refractivity contribution in [3.63, 3.8) is 0 Å². The Morgan fingerprint density at radius 1 is 1.55 bits per heavy atom. The van der Waals surface area contributed by atoms with E-state index in [0.717, 1.165) is 25.1 Å². The lowest BCUT2D eigenvalue weighted by atomic mass is 9.97. The molecule has 1 fully saturated rings. The molecule has 1 amide bonds. The molecule has 2 rings (SSSR count). The summed E-state index contributed by atoms with van der Waals surface area (Å²) in [5.41, 5.74) is 6.02. The first kappa shape index (κ1) is 15.1. The molecular weight excluding hydrogens is 254 g/mol. The number of carbonyl (C=O) groups excluding carboxylic acids is 1. The Morgan fingerprint density at radius 3 is 3.00 bits per heavy atom. The zero-order valence-electron chi connectivity index (χ0n) is 12.3. The first-order valence-electron chi connectivity index (χ1n) is 7.40. The summed E-state index contributed by atoms with van der Waals surface area (Å²) in [5.74, 6) is 0.808. The highest BCUT2D eigenvalue weighted by atomic mass is 16.3. The minimum atomic E-state index is -0.101. The summed E-state index contributed by atoms with van der Waals surface area (Å²) >= 11 is 0. The quantitative estimate of drug-likeness (QED) is 0.860. The Labute approximate surface area is 120 Å². The highest BCUT2D eigenvalue weighted by Crippen LogP contribution is 2.19.